The largest absolute Gasteiger partial charge is 0.508 e. The number of hydrogen-bond donors (Lipinski definition) is 1. The van der Waals surface area contributed by atoms with Crippen molar-refractivity contribution in [3.8, 4) is 35.4 Å². The molecule has 5 atom stereocenters. The summed E-state index contributed by atoms with van der Waals surface area (Å²) in [6.07, 6.45) is 10.1. The Balaban J connectivity index is 1.17. The van der Waals surface area contributed by atoms with Crippen LogP contribution in [0.1, 0.15) is 64.4 Å². The summed E-state index contributed by atoms with van der Waals surface area (Å²) in [6, 6.07) is 4.98. The third-order valence-corrected chi connectivity index (χ3v) is 11.7. The third kappa shape index (κ3) is 6.66. The van der Waals surface area contributed by atoms with Crippen molar-refractivity contribution in [2.24, 2.45) is 5.92 Å². The number of amides is 1. The Morgan fingerprint density at radius 3 is 2.65 bits per heavy atom. The molecule has 3 unspecified atom stereocenters. The van der Waals surface area contributed by atoms with E-state index >= 15 is 4.39 Å². The third-order valence-electron chi connectivity index (χ3n) is 11.7. The van der Waals surface area contributed by atoms with Gasteiger partial charge in [-0.15, -0.1) is 6.42 Å². The number of alkyl halides is 1. The van der Waals surface area contributed by atoms with Crippen molar-refractivity contribution in [3.63, 3.8) is 0 Å². The number of esters is 1. The molecule has 4 fully saturated rings. The molecule has 2 aromatic carbocycles. The van der Waals surface area contributed by atoms with Crippen LogP contribution >= 0.6 is 0 Å². The summed E-state index contributed by atoms with van der Waals surface area (Å²) in [5.74, 6) is 0.497. The van der Waals surface area contributed by atoms with Gasteiger partial charge in [0.25, 0.3) is 0 Å². The van der Waals surface area contributed by atoms with Crippen LogP contribution in [0.3, 0.4) is 0 Å². The first-order valence-corrected chi connectivity index (χ1v) is 19.0. The van der Waals surface area contributed by atoms with Gasteiger partial charge in [0.15, 0.2) is 5.82 Å². The van der Waals surface area contributed by atoms with Crippen LogP contribution in [0.15, 0.2) is 30.5 Å². The lowest BCUT2D eigenvalue weighted by Gasteiger charge is -2.42. The van der Waals surface area contributed by atoms with Gasteiger partial charge in [-0.2, -0.15) is 9.97 Å². The highest BCUT2D eigenvalue weighted by Gasteiger charge is 2.49. The Morgan fingerprint density at radius 2 is 1.91 bits per heavy atom. The van der Waals surface area contributed by atoms with E-state index in [1.54, 1.807) is 6.92 Å². The number of hydrogen-bond acceptors (Lipinski definition) is 10. The van der Waals surface area contributed by atoms with Gasteiger partial charge in [-0.05, 0) is 68.7 Å². The predicted octanol–water partition coefficient (Wildman–Crippen LogP) is 5.92. The maximum absolute atomic E-state index is 17.1. The number of terminal acetylenes is 1. The summed E-state index contributed by atoms with van der Waals surface area (Å²) in [7, 11) is 0. The molecule has 288 valence electrons. The molecule has 2 aromatic heterocycles. The maximum atomic E-state index is 17.1. The van der Waals surface area contributed by atoms with Gasteiger partial charge in [-0.25, -0.2) is 13.2 Å². The van der Waals surface area contributed by atoms with Crippen molar-refractivity contribution >= 4 is 39.4 Å². The molecule has 4 aliphatic heterocycles. The number of aromatic hydroxyl groups is 1. The van der Waals surface area contributed by atoms with Crippen molar-refractivity contribution in [1.29, 1.82) is 0 Å². The number of phenolic OH excluding ortho intramolecular Hbond substituents is 1. The van der Waals surface area contributed by atoms with Crippen LogP contribution < -0.4 is 9.64 Å². The number of anilines is 1. The van der Waals surface area contributed by atoms with E-state index < -0.39 is 23.3 Å². The maximum Gasteiger partial charge on any atom is 0.319 e. The minimum atomic E-state index is -0.972. The molecule has 1 amide bonds. The summed E-state index contributed by atoms with van der Waals surface area (Å²) in [6.45, 7) is 5.94. The number of carbonyl (C=O) groups excluding carboxylic acids is 2. The Labute approximate surface area is 316 Å². The first-order valence-electron chi connectivity index (χ1n) is 19.0. The second-order valence-electron chi connectivity index (χ2n) is 15.4. The van der Waals surface area contributed by atoms with Crippen LogP contribution in [0.25, 0.3) is 32.9 Å². The molecule has 55 heavy (non-hydrogen) atoms. The van der Waals surface area contributed by atoms with Gasteiger partial charge in [-0.1, -0.05) is 18.9 Å². The molecule has 11 nitrogen and oxygen atoms in total. The van der Waals surface area contributed by atoms with Gasteiger partial charge in [0.2, 0.25) is 5.91 Å². The molecular formula is C41H43F3N6O5. The second-order valence-corrected chi connectivity index (χ2v) is 15.4. The molecular weight excluding hydrogens is 713 g/mol. The van der Waals surface area contributed by atoms with Crippen LogP contribution in [0.4, 0.5) is 19.0 Å². The van der Waals surface area contributed by atoms with Crippen molar-refractivity contribution in [3.05, 3.63) is 47.7 Å². The van der Waals surface area contributed by atoms with Gasteiger partial charge in [-0.3, -0.25) is 19.5 Å². The van der Waals surface area contributed by atoms with Gasteiger partial charge in [0.1, 0.15) is 41.4 Å². The first-order chi connectivity index (χ1) is 26.5. The molecule has 0 aliphatic carbocycles. The molecule has 8 rings (SSSR count). The highest BCUT2D eigenvalue weighted by Crippen LogP contribution is 2.43. The van der Waals surface area contributed by atoms with Crippen molar-refractivity contribution in [2.45, 2.75) is 82.6 Å². The minimum absolute atomic E-state index is 0.0258. The number of carbonyl (C=O) groups is 2. The van der Waals surface area contributed by atoms with Crippen LogP contribution in [-0.2, 0) is 14.3 Å². The number of benzene rings is 2. The summed E-state index contributed by atoms with van der Waals surface area (Å²) >= 11 is 0. The number of aromatic nitrogens is 3. The molecule has 4 aliphatic rings. The number of halogens is 3. The summed E-state index contributed by atoms with van der Waals surface area (Å²) < 4.78 is 58.0. The SMILES string of the molecule is C#Cc1c(F)ccc2cc(O)cc(-c3ncc4c(N5CC6CCC(C5)N6C(=O)CC(C)CC(=O)OCC)nc(OC[C@@]56CCCN5C[C@H](F)C6)nc4c3F)c12. The number of phenols is 1. The van der Waals surface area contributed by atoms with E-state index in [0.29, 0.717) is 42.6 Å². The average Bonchev–Trinajstić information content (AvgIpc) is 3.77. The Bertz CT molecular complexity index is 2220. The Hall–Kier alpha value is -5.16. The lowest BCUT2D eigenvalue weighted by molar-refractivity contribution is -0.144. The number of piperazine rings is 1. The standard InChI is InChI=1S/C41H43F3N6O5/c1-4-29-32(43)10-7-24-15-28(51)16-30(35(24)29)37-36(44)38-31(18-45-37)39(47-40(46-38)55-22-41-11-6-12-49(41)19-25(42)17-41)48-20-26-8-9-27(21-48)50(26)33(52)13-23(3)14-34(53)54-5-2/h1,7,10,15-16,18,23,25-27,51H,5-6,8-9,11-14,17,19-22H2,2-3H3/t23?,25-,26?,27?,41+/m1/s1. The van der Waals surface area contributed by atoms with Crippen LogP contribution in [0, 0.1) is 29.9 Å². The summed E-state index contributed by atoms with van der Waals surface area (Å²) in [4.78, 5) is 45.6. The molecule has 4 aromatic rings. The van der Waals surface area contributed by atoms with E-state index in [4.69, 9.17) is 20.9 Å². The molecule has 0 saturated carbocycles. The first kappa shape index (κ1) is 36.8. The van der Waals surface area contributed by atoms with Gasteiger partial charge in [0.05, 0.1) is 23.1 Å². The normalized spacial score (nSPS) is 24.0. The fourth-order valence-electron chi connectivity index (χ4n) is 9.38. The number of nitrogens with zero attached hydrogens (tertiary/aromatic N) is 6. The molecule has 2 bridgehead atoms. The van der Waals surface area contributed by atoms with E-state index in [0.717, 1.165) is 32.2 Å². The topological polar surface area (TPSA) is 121 Å². The van der Waals surface area contributed by atoms with Crippen molar-refractivity contribution in [2.75, 3.05) is 44.3 Å². The Morgan fingerprint density at radius 1 is 1.13 bits per heavy atom. The fraction of sp³-hybridized carbons (Fsp3) is 0.488. The zero-order valence-electron chi connectivity index (χ0n) is 30.9. The highest BCUT2D eigenvalue weighted by molar-refractivity contribution is 6.03. The molecule has 4 saturated heterocycles. The van der Waals surface area contributed by atoms with E-state index in [2.05, 4.69) is 20.8 Å². The molecule has 0 spiro atoms. The zero-order chi connectivity index (χ0) is 38.6. The monoisotopic (exact) mass is 756 g/mol. The van der Waals surface area contributed by atoms with Crippen LogP contribution in [0.2, 0.25) is 0 Å². The number of fused-ring (bicyclic) bond motifs is 5. The van der Waals surface area contributed by atoms with Crippen molar-refractivity contribution < 1.29 is 37.3 Å². The van der Waals surface area contributed by atoms with Gasteiger partial charge >= 0.3 is 12.0 Å². The molecule has 0 radical (unpaired) electrons. The number of ether oxygens (including phenoxy) is 2. The average molecular weight is 757 g/mol. The second kappa shape index (κ2) is 14.5. The molecule has 1 N–H and O–H groups in total. The van der Waals surface area contributed by atoms with E-state index in [-0.39, 0.29) is 95.4 Å². The fourth-order valence-corrected chi connectivity index (χ4v) is 9.38. The highest BCUT2D eigenvalue weighted by atomic mass is 19.1. The van der Waals surface area contributed by atoms with E-state index in [1.807, 2.05) is 16.7 Å². The smallest absolute Gasteiger partial charge is 0.319 e. The predicted molar refractivity (Wildman–Crippen MR) is 199 cm³/mol. The Kier molecular flexibility index (Phi) is 9.69. The van der Waals surface area contributed by atoms with E-state index in [9.17, 15) is 23.5 Å². The van der Waals surface area contributed by atoms with Crippen LogP contribution in [-0.4, -0.2) is 105 Å². The molecule has 6 heterocycles. The minimum Gasteiger partial charge on any atom is -0.508 e. The number of rotatable bonds is 10. The van der Waals surface area contributed by atoms with Crippen molar-refractivity contribution in [1.82, 2.24) is 24.8 Å². The van der Waals surface area contributed by atoms with Crippen LogP contribution in [0.5, 0.6) is 11.8 Å². The number of pyridine rings is 1. The summed E-state index contributed by atoms with van der Waals surface area (Å²) in [5.41, 5.74) is -0.815. The van der Waals surface area contributed by atoms with E-state index in [1.165, 1.54) is 30.5 Å². The lowest BCUT2D eigenvalue weighted by Crippen LogP contribution is -2.56. The quantitative estimate of drug-likeness (QED) is 0.154. The zero-order valence-corrected chi connectivity index (χ0v) is 30.9. The van der Waals surface area contributed by atoms with Gasteiger partial charge in [0, 0.05) is 68.1 Å². The molecule has 14 heteroatoms. The van der Waals surface area contributed by atoms with Gasteiger partial charge < -0.3 is 24.4 Å². The summed E-state index contributed by atoms with van der Waals surface area (Å²) in [5, 5.41) is 11.5. The lowest BCUT2D eigenvalue weighted by atomic mass is 9.95.